The van der Waals surface area contributed by atoms with Crippen LogP contribution in [-0.2, 0) is 0 Å². The molecule has 4 heteroatoms. The van der Waals surface area contributed by atoms with Crippen LogP contribution in [0.2, 0.25) is 0 Å². The summed E-state index contributed by atoms with van der Waals surface area (Å²) in [7, 11) is 0. The Bertz CT molecular complexity index is 253. The van der Waals surface area contributed by atoms with Gasteiger partial charge in [0.2, 0.25) is 5.76 Å². The smallest absolute Gasteiger partial charge is 0.265 e. The normalized spacial score (nSPS) is 10.0. The van der Waals surface area contributed by atoms with Gasteiger partial charge in [-0.2, -0.15) is 0 Å². The lowest BCUT2D eigenvalue weighted by atomic mass is 10.5. The summed E-state index contributed by atoms with van der Waals surface area (Å²) in [6, 6.07) is 0. The average Bonchev–Trinajstić information content (AvgIpc) is 2.59. The first kappa shape index (κ1) is 5.22. The summed E-state index contributed by atoms with van der Waals surface area (Å²) in [6.45, 7) is 0. The molecule has 2 aromatic rings. The van der Waals surface area contributed by atoms with E-state index in [1.807, 2.05) is 0 Å². The Morgan fingerprint density at radius 3 is 3.10 bits per heavy atom. The van der Waals surface area contributed by atoms with Crippen LogP contribution in [0.1, 0.15) is 0 Å². The van der Waals surface area contributed by atoms with E-state index in [2.05, 4.69) is 16.2 Å². The fourth-order valence-corrected chi connectivity index (χ4v) is 0.629. The third-order valence-corrected chi connectivity index (χ3v) is 1.03. The van der Waals surface area contributed by atoms with Gasteiger partial charge in [0.1, 0.15) is 0 Å². The van der Waals surface area contributed by atoms with Gasteiger partial charge in [0.15, 0.2) is 12.7 Å². The second kappa shape index (κ2) is 1.98. The molecule has 0 aliphatic carbocycles. The number of hydrogen-bond donors (Lipinski definition) is 0. The molecule has 0 aliphatic heterocycles. The van der Waals surface area contributed by atoms with Crippen molar-refractivity contribution in [3.05, 3.63) is 25.1 Å². The van der Waals surface area contributed by atoms with Gasteiger partial charge in [-0.1, -0.05) is 0 Å². The van der Waals surface area contributed by atoms with Gasteiger partial charge in [-0.25, -0.2) is 9.97 Å². The van der Waals surface area contributed by atoms with Crippen molar-refractivity contribution in [3.8, 4) is 11.7 Å². The lowest BCUT2D eigenvalue weighted by Gasteiger charge is -1.81. The summed E-state index contributed by atoms with van der Waals surface area (Å²) < 4.78 is 9.70. The maximum Gasteiger partial charge on any atom is 0.265 e. The molecule has 4 nitrogen and oxygen atoms in total. The van der Waals surface area contributed by atoms with Gasteiger partial charge >= 0.3 is 0 Å². The Kier molecular flexibility index (Phi) is 1.04. The van der Waals surface area contributed by atoms with Crippen molar-refractivity contribution in [3.63, 3.8) is 0 Å². The van der Waals surface area contributed by atoms with E-state index in [9.17, 15) is 0 Å². The van der Waals surface area contributed by atoms with E-state index in [0.29, 0.717) is 11.7 Å². The molecule has 0 bridgehead atoms. The largest absolute Gasteiger partial charge is 0.438 e. The maximum absolute atomic E-state index is 4.89. The summed E-state index contributed by atoms with van der Waals surface area (Å²) in [5, 5.41) is 0. The topological polar surface area (TPSA) is 52.1 Å². The summed E-state index contributed by atoms with van der Waals surface area (Å²) in [4.78, 5) is 7.50. The van der Waals surface area contributed by atoms with E-state index in [-0.39, 0.29) is 0 Å². The van der Waals surface area contributed by atoms with E-state index < -0.39 is 0 Å². The first-order valence-electron chi connectivity index (χ1n) is 2.67. The van der Waals surface area contributed by atoms with E-state index in [4.69, 9.17) is 8.83 Å². The van der Waals surface area contributed by atoms with Gasteiger partial charge in [-0.3, -0.25) is 0 Å². The van der Waals surface area contributed by atoms with Crippen molar-refractivity contribution in [1.29, 1.82) is 0 Å². The Morgan fingerprint density at radius 2 is 2.50 bits per heavy atom. The minimum Gasteiger partial charge on any atom is -0.438 e. The van der Waals surface area contributed by atoms with Crippen LogP contribution >= 0.6 is 0 Å². The molecule has 0 saturated carbocycles. The lowest BCUT2D eigenvalue weighted by Crippen LogP contribution is -1.68. The molecule has 0 atom stereocenters. The van der Waals surface area contributed by atoms with Crippen molar-refractivity contribution < 1.29 is 8.83 Å². The van der Waals surface area contributed by atoms with E-state index in [0.717, 1.165) is 0 Å². The predicted molar refractivity (Wildman–Crippen MR) is 30.8 cm³/mol. The number of nitrogens with zero attached hydrogens (tertiary/aromatic N) is 2. The summed E-state index contributed by atoms with van der Waals surface area (Å²) in [6.07, 6.45) is 6.72. The van der Waals surface area contributed by atoms with Crippen LogP contribution in [0.4, 0.5) is 0 Å². The van der Waals surface area contributed by atoms with E-state index in [1.165, 1.54) is 18.8 Å². The minimum atomic E-state index is 0.400. The van der Waals surface area contributed by atoms with E-state index in [1.54, 1.807) is 0 Å². The third kappa shape index (κ3) is 0.699. The molecule has 0 saturated heterocycles. The predicted octanol–water partition coefficient (Wildman–Crippen LogP) is 1.13. The van der Waals surface area contributed by atoms with Crippen LogP contribution in [0.15, 0.2) is 27.6 Å². The molecule has 0 unspecified atom stereocenters. The molecule has 2 rings (SSSR count). The zero-order chi connectivity index (χ0) is 6.81. The van der Waals surface area contributed by atoms with Gasteiger partial charge in [0.25, 0.3) is 5.89 Å². The van der Waals surface area contributed by atoms with Gasteiger partial charge in [0.05, 0.1) is 12.4 Å². The number of rotatable bonds is 1. The van der Waals surface area contributed by atoms with Crippen molar-refractivity contribution in [1.82, 2.24) is 9.97 Å². The first-order valence-corrected chi connectivity index (χ1v) is 2.67. The van der Waals surface area contributed by atoms with Crippen LogP contribution in [0, 0.1) is 6.26 Å². The van der Waals surface area contributed by atoms with Crippen LogP contribution < -0.4 is 0 Å². The zero-order valence-electron chi connectivity index (χ0n) is 4.94. The third-order valence-electron chi connectivity index (χ3n) is 1.03. The Labute approximate surface area is 56.5 Å². The van der Waals surface area contributed by atoms with Crippen molar-refractivity contribution in [2.75, 3.05) is 0 Å². The molecule has 0 aliphatic rings. The fourth-order valence-electron chi connectivity index (χ4n) is 0.629. The molecule has 10 heavy (non-hydrogen) atoms. The Hall–Kier alpha value is -1.58. The number of aromatic nitrogens is 2. The minimum absolute atomic E-state index is 0.400. The number of hydrogen-bond acceptors (Lipinski definition) is 4. The molecular weight excluding hydrogens is 132 g/mol. The maximum atomic E-state index is 4.89. The highest BCUT2D eigenvalue weighted by molar-refractivity contribution is 5.40. The molecule has 2 aromatic heterocycles. The summed E-state index contributed by atoms with van der Waals surface area (Å²) in [5.74, 6) is 0.916. The molecule has 0 fully saturated rings. The SMILES string of the molecule is [c]1cnc(-c2cnco2)o1. The monoisotopic (exact) mass is 135 g/mol. The second-order valence-corrected chi connectivity index (χ2v) is 1.65. The quantitative estimate of drug-likeness (QED) is 0.588. The van der Waals surface area contributed by atoms with Crippen LogP contribution in [0.3, 0.4) is 0 Å². The lowest BCUT2D eigenvalue weighted by molar-refractivity contribution is 0.510. The summed E-state index contributed by atoms with van der Waals surface area (Å²) in [5.41, 5.74) is 0. The van der Waals surface area contributed by atoms with Gasteiger partial charge in [0, 0.05) is 0 Å². The van der Waals surface area contributed by atoms with Crippen LogP contribution in [-0.4, -0.2) is 9.97 Å². The second-order valence-electron chi connectivity index (χ2n) is 1.65. The Balaban J connectivity index is 2.48. The van der Waals surface area contributed by atoms with Crippen molar-refractivity contribution in [2.45, 2.75) is 0 Å². The standard InChI is InChI=1S/C6H3N2O2/c1-2-9-6(8-1)5-3-7-4-10-5/h1,3-4H. The molecule has 0 aromatic carbocycles. The van der Waals surface area contributed by atoms with Crippen LogP contribution in [0.25, 0.3) is 11.7 Å². The summed E-state index contributed by atoms with van der Waals surface area (Å²) >= 11 is 0. The van der Waals surface area contributed by atoms with Crippen LogP contribution in [0.5, 0.6) is 0 Å². The molecule has 0 spiro atoms. The average molecular weight is 135 g/mol. The molecule has 1 radical (unpaired) electrons. The molecule has 49 valence electrons. The highest BCUT2D eigenvalue weighted by atomic mass is 16.4. The number of oxazole rings is 2. The van der Waals surface area contributed by atoms with E-state index >= 15 is 0 Å². The first-order chi connectivity index (χ1) is 4.97. The highest BCUT2D eigenvalue weighted by Gasteiger charge is 2.03. The molecule has 0 amide bonds. The van der Waals surface area contributed by atoms with Gasteiger partial charge in [-0.15, -0.1) is 0 Å². The fraction of sp³-hybridized carbons (Fsp3) is 0. The molecular formula is C6H3N2O2. The van der Waals surface area contributed by atoms with Gasteiger partial charge < -0.3 is 8.83 Å². The zero-order valence-corrected chi connectivity index (χ0v) is 4.94. The van der Waals surface area contributed by atoms with Crippen molar-refractivity contribution in [2.24, 2.45) is 0 Å². The molecule has 0 N–H and O–H groups in total. The Morgan fingerprint density at radius 1 is 1.50 bits per heavy atom. The van der Waals surface area contributed by atoms with Crippen molar-refractivity contribution >= 4 is 0 Å². The highest BCUT2D eigenvalue weighted by Crippen LogP contribution is 2.13. The van der Waals surface area contributed by atoms with Gasteiger partial charge in [-0.05, 0) is 0 Å². The molecule has 2 heterocycles.